The number of halogens is 2. The monoisotopic (exact) mass is 417 g/mol. The number of anilines is 1. The summed E-state index contributed by atoms with van der Waals surface area (Å²) in [6.45, 7) is 0.535. The molecule has 26 heavy (non-hydrogen) atoms. The number of hydrogen-bond acceptors (Lipinski definition) is 3. The highest BCUT2D eigenvalue weighted by atomic mass is 79.9. The summed E-state index contributed by atoms with van der Waals surface area (Å²) in [5.74, 6) is 0.0128. The van der Waals surface area contributed by atoms with Gasteiger partial charge >= 0.3 is 0 Å². The number of aromatic nitrogens is 2. The predicted molar refractivity (Wildman–Crippen MR) is 101 cm³/mol. The molecule has 134 valence electrons. The zero-order valence-electron chi connectivity index (χ0n) is 14.1. The molecule has 5 nitrogen and oxygen atoms in total. The van der Waals surface area contributed by atoms with Crippen LogP contribution in [-0.2, 0) is 17.8 Å². The van der Waals surface area contributed by atoms with Crippen LogP contribution in [0.1, 0.15) is 11.1 Å². The molecule has 0 spiro atoms. The quantitative estimate of drug-likeness (QED) is 0.658. The Hall–Kier alpha value is -2.67. The Bertz CT molecular complexity index is 909. The van der Waals surface area contributed by atoms with E-state index in [1.165, 1.54) is 19.2 Å². The van der Waals surface area contributed by atoms with Crippen molar-refractivity contribution in [2.45, 2.75) is 13.0 Å². The van der Waals surface area contributed by atoms with Crippen molar-refractivity contribution in [3.63, 3.8) is 0 Å². The third-order valence-corrected chi connectivity index (χ3v) is 4.34. The normalized spacial score (nSPS) is 10.6. The van der Waals surface area contributed by atoms with Crippen molar-refractivity contribution in [1.82, 2.24) is 9.78 Å². The van der Waals surface area contributed by atoms with E-state index >= 15 is 0 Å². The molecule has 3 rings (SSSR count). The highest BCUT2D eigenvalue weighted by Crippen LogP contribution is 2.19. The van der Waals surface area contributed by atoms with Crippen molar-refractivity contribution in [3.8, 4) is 5.75 Å². The summed E-state index contributed by atoms with van der Waals surface area (Å²) < 4.78 is 21.3. The smallest absolute Gasteiger partial charge is 0.229 e. The molecule has 0 aliphatic heterocycles. The summed E-state index contributed by atoms with van der Waals surface area (Å²) in [4.78, 5) is 12.3. The molecule has 0 unspecified atom stereocenters. The zero-order chi connectivity index (χ0) is 18.5. The van der Waals surface area contributed by atoms with Gasteiger partial charge in [0, 0.05) is 10.5 Å². The van der Waals surface area contributed by atoms with Crippen molar-refractivity contribution in [2.24, 2.45) is 0 Å². The topological polar surface area (TPSA) is 56.1 Å². The van der Waals surface area contributed by atoms with E-state index < -0.39 is 5.82 Å². The van der Waals surface area contributed by atoms with Gasteiger partial charge in [0.2, 0.25) is 5.91 Å². The van der Waals surface area contributed by atoms with Gasteiger partial charge in [-0.3, -0.25) is 4.79 Å². The van der Waals surface area contributed by atoms with Crippen LogP contribution in [-0.4, -0.2) is 22.8 Å². The molecule has 1 aromatic heterocycles. The second kappa shape index (κ2) is 8.14. The molecule has 0 aliphatic carbocycles. The van der Waals surface area contributed by atoms with Crippen molar-refractivity contribution in [3.05, 3.63) is 76.1 Å². The predicted octanol–water partition coefficient (Wildman–Crippen LogP) is 4.02. The van der Waals surface area contributed by atoms with E-state index in [1.807, 2.05) is 24.3 Å². The molecule has 0 saturated carbocycles. The lowest BCUT2D eigenvalue weighted by Gasteiger charge is -2.10. The third kappa shape index (κ3) is 4.49. The second-order valence-electron chi connectivity index (χ2n) is 5.69. The molecule has 3 aromatic rings. The maximum absolute atomic E-state index is 13.7. The van der Waals surface area contributed by atoms with Gasteiger partial charge in [-0.15, -0.1) is 0 Å². The van der Waals surface area contributed by atoms with Gasteiger partial charge in [0.1, 0.15) is 5.82 Å². The summed E-state index contributed by atoms with van der Waals surface area (Å²) in [5, 5.41) is 7.06. The fourth-order valence-corrected chi connectivity index (χ4v) is 2.78. The number of hydrogen-bond donors (Lipinski definition) is 1. The Morgan fingerprint density at radius 1 is 1.19 bits per heavy atom. The van der Waals surface area contributed by atoms with Gasteiger partial charge < -0.3 is 10.1 Å². The van der Waals surface area contributed by atoms with Crippen molar-refractivity contribution in [1.29, 1.82) is 0 Å². The van der Waals surface area contributed by atoms with E-state index in [2.05, 4.69) is 26.3 Å². The average Bonchev–Trinajstić information content (AvgIpc) is 3.03. The van der Waals surface area contributed by atoms with Crippen LogP contribution >= 0.6 is 15.9 Å². The Balaban J connectivity index is 1.65. The van der Waals surface area contributed by atoms with Crippen molar-refractivity contribution >= 4 is 27.7 Å². The van der Waals surface area contributed by atoms with E-state index in [9.17, 15) is 9.18 Å². The standard InChI is InChI=1S/C19H17BrFN3O2/c1-26-17-7-4-14(10-16(17)21)11-19(25)23-18-8-9-22-24(18)12-13-2-5-15(20)6-3-13/h2-10H,11-12H2,1H3,(H,23,25). The summed E-state index contributed by atoms with van der Waals surface area (Å²) in [7, 11) is 1.40. The first-order valence-electron chi connectivity index (χ1n) is 7.93. The molecular weight excluding hydrogens is 401 g/mol. The summed E-state index contributed by atoms with van der Waals surface area (Å²) in [6, 6.07) is 14.1. The molecule has 1 amide bonds. The van der Waals surface area contributed by atoms with Crippen LogP contribution in [0.2, 0.25) is 0 Å². The van der Waals surface area contributed by atoms with Gasteiger partial charge in [0.15, 0.2) is 11.6 Å². The molecule has 0 radical (unpaired) electrons. The number of carbonyl (C=O) groups excluding carboxylic acids is 1. The number of methoxy groups -OCH3 is 1. The molecule has 7 heteroatoms. The zero-order valence-corrected chi connectivity index (χ0v) is 15.7. The number of rotatable bonds is 6. The van der Waals surface area contributed by atoms with Gasteiger partial charge in [-0.05, 0) is 35.4 Å². The number of carbonyl (C=O) groups is 1. The van der Waals surface area contributed by atoms with Crippen LogP contribution in [0.15, 0.2) is 59.2 Å². The van der Waals surface area contributed by atoms with Gasteiger partial charge in [-0.2, -0.15) is 5.10 Å². The van der Waals surface area contributed by atoms with Gasteiger partial charge in [-0.1, -0.05) is 34.1 Å². The molecule has 0 fully saturated rings. The first kappa shape index (κ1) is 18.1. The van der Waals surface area contributed by atoms with E-state index in [0.717, 1.165) is 10.0 Å². The first-order chi connectivity index (χ1) is 12.5. The van der Waals surface area contributed by atoms with Crippen LogP contribution in [0.3, 0.4) is 0 Å². The van der Waals surface area contributed by atoms with Gasteiger partial charge in [-0.25, -0.2) is 9.07 Å². The first-order valence-corrected chi connectivity index (χ1v) is 8.73. The summed E-state index contributed by atoms with van der Waals surface area (Å²) in [5.41, 5.74) is 1.63. The Morgan fingerprint density at radius 3 is 2.62 bits per heavy atom. The average molecular weight is 418 g/mol. The maximum Gasteiger partial charge on any atom is 0.229 e. The van der Waals surface area contributed by atoms with Crippen LogP contribution in [0, 0.1) is 5.82 Å². The lowest BCUT2D eigenvalue weighted by atomic mass is 10.1. The van der Waals surface area contributed by atoms with Crippen LogP contribution in [0.25, 0.3) is 0 Å². The number of benzene rings is 2. The van der Waals surface area contributed by atoms with E-state index in [0.29, 0.717) is 17.9 Å². The maximum atomic E-state index is 13.7. The lowest BCUT2D eigenvalue weighted by molar-refractivity contribution is -0.115. The second-order valence-corrected chi connectivity index (χ2v) is 6.61. The number of nitrogens with zero attached hydrogens (tertiary/aromatic N) is 2. The third-order valence-electron chi connectivity index (χ3n) is 3.81. The van der Waals surface area contributed by atoms with E-state index in [1.54, 1.807) is 23.0 Å². The fourth-order valence-electron chi connectivity index (χ4n) is 2.52. The minimum Gasteiger partial charge on any atom is -0.494 e. The highest BCUT2D eigenvalue weighted by molar-refractivity contribution is 9.10. The van der Waals surface area contributed by atoms with Crippen LogP contribution in [0.5, 0.6) is 5.75 Å². The summed E-state index contributed by atoms with van der Waals surface area (Å²) in [6.07, 6.45) is 1.69. The minimum absolute atomic E-state index is 0.0599. The Labute approximate surface area is 158 Å². The molecule has 1 heterocycles. The highest BCUT2D eigenvalue weighted by Gasteiger charge is 2.11. The Morgan fingerprint density at radius 2 is 1.92 bits per heavy atom. The van der Waals surface area contributed by atoms with E-state index in [-0.39, 0.29) is 18.1 Å². The minimum atomic E-state index is -0.488. The molecule has 0 aliphatic rings. The van der Waals surface area contributed by atoms with Crippen LogP contribution < -0.4 is 10.1 Å². The molecule has 2 aromatic carbocycles. The lowest BCUT2D eigenvalue weighted by Crippen LogP contribution is -2.18. The molecule has 1 N–H and O–H groups in total. The molecule has 0 bridgehead atoms. The largest absolute Gasteiger partial charge is 0.494 e. The number of ether oxygens (including phenoxy) is 1. The van der Waals surface area contributed by atoms with Gasteiger partial charge in [0.25, 0.3) is 0 Å². The molecule has 0 saturated heterocycles. The van der Waals surface area contributed by atoms with Crippen LogP contribution in [0.4, 0.5) is 10.2 Å². The summed E-state index contributed by atoms with van der Waals surface area (Å²) >= 11 is 3.40. The Kier molecular flexibility index (Phi) is 5.68. The molecule has 0 atom stereocenters. The van der Waals surface area contributed by atoms with Gasteiger partial charge in [0.05, 0.1) is 26.3 Å². The van der Waals surface area contributed by atoms with Crippen molar-refractivity contribution in [2.75, 3.05) is 12.4 Å². The molecular formula is C19H17BrFN3O2. The van der Waals surface area contributed by atoms with Crippen molar-refractivity contribution < 1.29 is 13.9 Å². The van der Waals surface area contributed by atoms with E-state index in [4.69, 9.17) is 4.74 Å². The SMILES string of the molecule is COc1ccc(CC(=O)Nc2ccnn2Cc2ccc(Br)cc2)cc1F. The number of nitrogens with one attached hydrogen (secondary N) is 1. The number of amides is 1. The fraction of sp³-hybridized carbons (Fsp3) is 0.158.